The lowest BCUT2D eigenvalue weighted by molar-refractivity contribution is 0.552. The molecule has 0 bridgehead atoms. The average molecular weight is 641 g/mol. The molecule has 0 atom stereocenters. The van der Waals surface area contributed by atoms with Crippen molar-refractivity contribution < 1.29 is 4.39 Å². The van der Waals surface area contributed by atoms with Crippen LogP contribution in [0.25, 0.3) is 11.6 Å². The van der Waals surface area contributed by atoms with Gasteiger partial charge in [0.05, 0.1) is 0 Å². The zero-order valence-corrected chi connectivity index (χ0v) is 25.2. The van der Waals surface area contributed by atoms with Gasteiger partial charge in [-0.3, -0.25) is 0 Å². The van der Waals surface area contributed by atoms with Crippen molar-refractivity contribution in [2.75, 3.05) is 11.9 Å². The molecule has 6 aromatic rings. The third-order valence-corrected chi connectivity index (χ3v) is 6.29. The molecule has 0 saturated heterocycles. The Bertz CT molecular complexity index is 1630. The van der Waals surface area contributed by atoms with E-state index in [4.69, 9.17) is 34.8 Å². The van der Waals surface area contributed by atoms with Crippen molar-refractivity contribution >= 4 is 40.6 Å². The van der Waals surface area contributed by atoms with E-state index in [-0.39, 0.29) is 11.2 Å². The number of hydrogen-bond donors (Lipinski definition) is 1. The summed E-state index contributed by atoms with van der Waals surface area (Å²) in [7, 11) is 0. The lowest BCUT2D eigenvalue weighted by atomic mass is 9.84. The lowest BCUT2D eigenvalue weighted by Gasteiger charge is -2.25. The first-order valence-electron chi connectivity index (χ1n) is 12.7. The number of benzene rings is 1. The Kier molecular flexibility index (Phi) is 11.0. The molecule has 0 spiro atoms. The standard InChI is InChI=1S/C17H18FN5.C7H5ClN4.C4H2Cl2N2/c1-17(2,13-4-6-14(18)7-5-13)12-19-15-8-9-16(22-21-15)23-11-3-10-20-23;8-6-2-3-7(11-10-6)12-5-1-4-9-12;5-3-1-2-4(6)8-7-3/h3-11H,12H2,1-2H3,(H,19,21);1-5H;1-2H. The summed E-state index contributed by atoms with van der Waals surface area (Å²) in [6, 6.07) is 20.5. The summed E-state index contributed by atoms with van der Waals surface area (Å²) >= 11 is 16.3. The van der Waals surface area contributed by atoms with Crippen molar-refractivity contribution in [3.8, 4) is 11.6 Å². The van der Waals surface area contributed by atoms with E-state index in [1.165, 1.54) is 12.1 Å². The van der Waals surface area contributed by atoms with E-state index in [1.54, 1.807) is 52.2 Å². The van der Waals surface area contributed by atoms with Crippen molar-refractivity contribution in [3.05, 3.63) is 124 Å². The van der Waals surface area contributed by atoms with E-state index in [0.717, 1.165) is 5.56 Å². The van der Waals surface area contributed by atoms with Gasteiger partial charge in [-0.1, -0.05) is 60.8 Å². The first-order chi connectivity index (χ1) is 20.7. The number of hydrogen-bond acceptors (Lipinski definition) is 9. The lowest BCUT2D eigenvalue weighted by Crippen LogP contribution is -2.28. The molecule has 0 aliphatic rings. The van der Waals surface area contributed by atoms with Crippen molar-refractivity contribution in [1.29, 1.82) is 0 Å². The molecule has 220 valence electrons. The number of rotatable bonds is 6. The highest BCUT2D eigenvalue weighted by Crippen LogP contribution is 2.23. The van der Waals surface area contributed by atoms with Crippen molar-refractivity contribution in [2.45, 2.75) is 19.3 Å². The Morgan fingerprint density at radius 3 is 1.56 bits per heavy atom. The summed E-state index contributed by atoms with van der Waals surface area (Å²) in [5, 5.41) is 35.2. The molecule has 11 nitrogen and oxygen atoms in total. The predicted molar refractivity (Wildman–Crippen MR) is 163 cm³/mol. The highest BCUT2D eigenvalue weighted by atomic mass is 35.5. The maximum Gasteiger partial charge on any atom is 0.175 e. The van der Waals surface area contributed by atoms with Crippen LogP contribution in [-0.4, -0.2) is 56.7 Å². The average Bonchev–Trinajstić information content (AvgIpc) is 3.75. The Morgan fingerprint density at radius 1 is 0.651 bits per heavy atom. The van der Waals surface area contributed by atoms with Gasteiger partial charge in [-0.2, -0.15) is 10.2 Å². The van der Waals surface area contributed by atoms with Crippen LogP contribution in [0.2, 0.25) is 15.5 Å². The largest absolute Gasteiger partial charge is 0.368 e. The fourth-order valence-electron chi connectivity index (χ4n) is 3.40. The molecule has 15 heteroatoms. The fraction of sp³-hybridized carbons (Fsp3) is 0.143. The van der Waals surface area contributed by atoms with Gasteiger partial charge < -0.3 is 5.32 Å². The highest BCUT2D eigenvalue weighted by molar-refractivity contribution is 6.31. The van der Waals surface area contributed by atoms with Crippen molar-refractivity contribution in [2.24, 2.45) is 0 Å². The number of nitrogens with zero attached hydrogens (tertiary/aromatic N) is 10. The summed E-state index contributed by atoms with van der Waals surface area (Å²) < 4.78 is 16.3. The van der Waals surface area contributed by atoms with Crippen LogP contribution in [0, 0.1) is 5.82 Å². The summed E-state index contributed by atoms with van der Waals surface area (Å²) in [6.07, 6.45) is 6.97. The van der Waals surface area contributed by atoms with Crippen LogP contribution in [0.5, 0.6) is 0 Å². The minimum absolute atomic E-state index is 0.157. The molecular formula is C28H25Cl3FN11. The van der Waals surface area contributed by atoms with Crippen LogP contribution >= 0.6 is 34.8 Å². The van der Waals surface area contributed by atoms with Gasteiger partial charge >= 0.3 is 0 Å². The number of aromatic nitrogens is 10. The SMILES string of the molecule is CC(C)(CNc1ccc(-n2cccn2)nn1)c1ccc(F)cc1.Clc1ccc(-n2cccn2)nn1.Clc1ccc(Cl)nn1. The minimum Gasteiger partial charge on any atom is -0.368 e. The minimum atomic E-state index is -0.224. The van der Waals surface area contributed by atoms with Gasteiger partial charge in [0.2, 0.25) is 0 Å². The molecule has 0 aliphatic heterocycles. The number of nitrogens with one attached hydrogen (secondary N) is 1. The molecule has 5 heterocycles. The van der Waals surface area contributed by atoms with Gasteiger partial charge in [0.15, 0.2) is 27.1 Å². The maximum atomic E-state index is 13.0. The Morgan fingerprint density at radius 2 is 1.14 bits per heavy atom. The molecule has 6 rings (SSSR count). The molecule has 1 aromatic carbocycles. The molecule has 0 aliphatic carbocycles. The molecule has 0 radical (unpaired) electrons. The third kappa shape index (κ3) is 9.77. The van der Waals surface area contributed by atoms with E-state index in [9.17, 15) is 4.39 Å². The normalized spacial score (nSPS) is 10.7. The van der Waals surface area contributed by atoms with Gasteiger partial charge in [-0.25, -0.2) is 13.8 Å². The van der Waals surface area contributed by atoms with Crippen LogP contribution in [-0.2, 0) is 5.41 Å². The Labute approximate surface area is 261 Å². The Hall–Kier alpha value is -4.52. The van der Waals surface area contributed by atoms with E-state index in [0.29, 0.717) is 39.5 Å². The van der Waals surface area contributed by atoms with Crippen molar-refractivity contribution in [1.82, 2.24) is 50.2 Å². The molecule has 1 N–H and O–H groups in total. The van der Waals surface area contributed by atoms with Gasteiger partial charge in [-0.15, -0.1) is 30.6 Å². The second kappa shape index (κ2) is 15.1. The second-order valence-corrected chi connectivity index (χ2v) is 10.5. The van der Waals surface area contributed by atoms with Crippen LogP contribution < -0.4 is 5.32 Å². The predicted octanol–water partition coefficient (Wildman–Crippen LogP) is 6.29. The summed E-state index contributed by atoms with van der Waals surface area (Å²) in [6.45, 7) is 4.85. The Balaban J connectivity index is 0.000000175. The molecular weight excluding hydrogens is 616 g/mol. The zero-order valence-electron chi connectivity index (χ0n) is 22.9. The van der Waals surface area contributed by atoms with Gasteiger partial charge in [0.1, 0.15) is 11.6 Å². The smallest absolute Gasteiger partial charge is 0.175 e. The summed E-state index contributed by atoms with van der Waals surface area (Å²) in [5.41, 5.74) is 0.906. The number of anilines is 1. The molecule has 0 unspecified atom stereocenters. The molecule has 43 heavy (non-hydrogen) atoms. The number of halogens is 4. The second-order valence-electron chi connectivity index (χ2n) is 9.32. The van der Waals surface area contributed by atoms with E-state index in [1.807, 2.05) is 42.6 Å². The molecule has 0 fully saturated rings. The van der Waals surface area contributed by atoms with Crippen molar-refractivity contribution in [3.63, 3.8) is 0 Å². The monoisotopic (exact) mass is 639 g/mol. The molecule has 0 saturated carbocycles. The van der Waals surface area contributed by atoms with Gasteiger partial charge in [0, 0.05) is 36.7 Å². The van der Waals surface area contributed by atoms with E-state index < -0.39 is 0 Å². The quantitative estimate of drug-likeness (QED) is 0.224. The first kappa shape index (κ1) is 31.4. The van der Waals surface area contributed by atoms with Gasteiger partial charge in [-0.05, 0) is 66.2 Å². The van der Waals surface area contributed by atoms with Crippen LogP contribution in [0.1, 0.15) is 19.4 Å². The summed E-state index contributed by atoms with van der Waals surface area (Å²) in [5.74, 6) is 1.79. The van der Waals surface area contributed by atoms with Crippen LogP contribution in [0.3, 0.4) is 0 Å². The molecule has 5 aromatic heterocycles. The third-order valence-electron chi connectivity index (χ3n) is 5.68. The highest BCUT2D eigenvalue weighted by Gasteiger charge is 2.20. The topological polar surface area (TPSA) is 125 Å². The molecule has 0 amide bonds. The van der Waals surface area contributed by atoms with Crippen LogP contribution in [0.15, 0.2) is 97.6 Å². The summed E-state index contributed by atoms with van der Waals surface area (Å²) in [4.78, 5) is 0. The van der Waals surface area contributed by atoms with Crippen LogP contribution in [0.4, 0.5) is 10.2 Å². The van der Waals surface area contributed by atoms with E-state index >= 15 is 0 Å². The van der Waals surface area contributed by atoms with Gasteiger partial charge in [0.25, 0.3) is 0 Å². The maximum absolute atomic E-state index is 13.0. The zero-order chi connectivity index (χ0) is 30.7. The fourth-order valence-corrected chi connectivity index (χ4v) is 3.70. The first-order valence-corrected chi connectivity index (χ1v) is 13.8. The van der Waals surface area contributed by atoms with E-state index in [2.05, 4.69) is 60.0 Å².